The molecule has 1 N–H and O–H groups in total. The Kier molecular flexibility index (Phi) is 3.81. The molecule has 0 aliphatic rings. The van der Waals surface area contributed by atoms with Crippen molar-refractivity contribution in [1.82, 2.24) is 9.97 Å². The van der Waals surface area contributed by atoms with Crippen molar-refractivity contribution < 1.29 is 4.39 Å². The van der Waals surface area contributed by atoms with Crippen LogP contribution in [0.4, 0.5) is 10.3 Å². The number of nitrogens with one attached hydrogen (secondary N) is 1. The Morgan fingerprint density at radius 2 is 2.05 bits per heavy atom. The molecule has 0 unspecified atom stereocenters. The Morgan fingerprint density at radius 3 is 2.82 bits per heavy atom. The Balaban J connectivity index is 1.93. The highest BCUT2D eigenvalue weighted by atomic mass is 35.5. The standard InChI is InChI=1S/C16H13ClFN3O/c1-21(9-10-6-7-12(17)13(18)8-10)16-19-14-5-3-2-4-11(14)15(22)20-16/h2-8H,9H2,1H3,(H,19,20,22). The molecule has 0 saturated carbocycles. The third kappa shape index (κ3) is 2.80. The number of hydrogen-bond donors (Lipinski definition) is 1. The SMILES string of the molecule is CN(Cc1ccc(Cl)c(F)c1)c1nc2ccccc2c(=O)[nH]1. The molecule has 0 radical (unpaired) electrons. The number of H-pyrrole nitrogens is 1. The van der Waals surface area contributed by atoms with Crippen LogP contribution in [0.3, 0.4) is 0 Å². The lowest BCUT2D eigenvalue weighted by molar-refractivity contribution is 0.625. The van der Waals surface area contributed by atoms with Gasteiger partial charge >= 0.3 is 0 Å². The van der Waals surface area contributed by atoms with Crippen LogP contribution in [-0.2, 0) is 6.54 Å². The number of anilines is 1. The number of para-hydroxylation sites is 1. The molecule has 0 aliphatic heterocycles. The summed E-state index contributed by atoms with van der Waals surface area (Å²) < 4.78 is 13.5. The summed E-state index contributed by atoms with van der Waals surface area (Å²) in [4.78, 5) is 21.0. The van der Waals surface area contributed by atoms with Gasteiger partial charge < -0.3 is 4.90 Å². The van der Waals surface area contributed by atoms with E-state index < -0.39 is 5.82 Å². The van der Waals surface area contributed by atoms with Crippen molar-refractivity contribution >= 4 is 28.5 Å². The minimum atomic E-state index is -0.465. The molecule has 4 nitrogen and oxygen atoms in total. The van der Waals surface area contributed by atoms with Crippen molar-refractivity contribution in [2.45, 2.75) is 6.54 Å². The fourth-order valence-electron chi connectivity index (χ4n) is 2.24. The van der Waals surface area contributed by atoms with Gasteiger partial charge in [-0.1, -0.05) is 29.8 Å². The molecule has 0 atom stereocenters. The summed E-state index contributed by atoms with van der Waals surface area (Å²) in [5, 5.41) is 0.626. The molecule has 0 bridgehead atoms. The van der Waals surface area contributed by atoms with Gasteiger partial charge in [-0.3, -0.25) is 9.78 Å². The molecular formula is C16H13ClFN3O. The van der Waals surface area contributed by atoms with Crippen molar-refractivity contribution in [3.8, 4) is 0 Å². The normalized spacial score (nSPS) is 10.9. The maximum atomic E-state index is 13.5. The van der Waals surface area contributed by atoms with Crippen LogP contribution in [0.15, 0.2) is 47.3 Å². The monoisotopic (exact) mass is 317 g/mol. The van der Waals surface area contributed by atoms with E-state index in [1.807, 2.05) is 6.07 Å². The van der Waals surface area contributed by atoms with Gasteiger partial charge in [0.2, 0.25) is 5.95 Å². The highest BCUT2D eigenvalue weighted by Crippen LogP contribution is 2.18. The number of aromatic nitrogens is 2. The summed E-state index contributed by atoms with van der Waals surface area (Å²) in [6.07, 6.45) is 0. The van der Waals surface area contributed by atoms with E-state index in [1.165, 1.54) is 12.1 Å². The Hall–Kier alpha value is -2.40. The highest BCUT2D eigenvalue weighted by Gasteiger charge is 2.09. The second-order valence-corrected chi connectivity index (χ2v) is 5.42. The van der Waals surface area contributed by atoms with E-state index in [4.69, 9.17) is 11.6 Å². The second-order valence-electron chi connectivity index (χ2n) is 5.01. The topological polar surface area (TPSA) is 49.0 Å². The molecule has 0 aliphatic carbocycles. The number of aromatic amines is 1. The number of benzene rings is 2. The van der Waals surface area contributed by atoms with E-state index in [0.29, 0.717) is 23.4 Å². The van der Waals surface area contributed by atoms with E-state index in [0.717, 1.165) is 5.56 Å². The van der Waals surface area contributed by atoms with Gasteiger partial charge in [0.15, 0.2) is 0 Å². The average molecular weight is 318 g/mol. The maximum absolute atomic E-state index is 13.5. The van der Waals surface area contributed by atoms with Crippen LogP contribution in [0.1, 0.15) is 5.56 Å². The van der Waals surface area contributed by atoms with Crippen LogP contribution in [-0.4, -0.2) is 17.0 Å². The zero-order valence-corrected chi connectivity index (χ0v) is 12.6. The van der Waals surface area contributed by atoms with Gasteiger partial charge in [0, 0.05) is 13.6 Å². The van der Waals surface area contributed by atoms with E-state index in [1.54, 1.807) is 36.2 Å². The molecule has 22 heavy (non-hydrogen) atoms. The molecule has 112 valence electrons. The Labute approximate surface area is 131 Å². The molecule has 3 rings (SSSR count). The third-order valence-corrected chi connectivity index (χ3v) is 3.67. The van der Waals surface area contributed by atoms with Crippen LogP contribution in [0.5, 0.6) is 0 Å². The first-order valence-electron chi connectivity index (χ1n) is 6.69. The van der Waals surface area contributed by atoms with Crippen molar-refractivity contribution in [2.75, 3.05) is 11.9 Å². The molecular weight excluding hydrogens is 305 g/mol. The number of hydrogen-bond acceptors (Lipinski definition) is 3. The molecule has 6 heteroatoms. The van der Waals surface area contributed by atoms with E-state index in [9.17, 15) is 9.18 Å². The van der Waals surface area contributed by atoms with E-state index in [2.05, 4.69) is 9.97 Å². The van der Waals surface area contributed by atoms with Gasteiger partial charge in [-0.15, -0.1) is 0 Å². The van der Waals surface area contributed by atoms with E-state index >= 15 is 0 Å². The van der Waals surface area contributed by atoms with Gasteiger partial charge in [0.05, 0.1) is 15.9 Å². The molecule has 0 saturated heterocycles. The Morgan fingerprint density at radius 1 is 1.27 bits per heavy atom. The first kappa shape index (κ1) is 14.5. The largest absolute Gasteiger partial charge is 0.341 e. The van der Waals surface area contributed by atoms with Crippen molar-refractivity contribution in [1.29, 1.82) is 0 Å². The molecule has 1 heterocycles. The number of rotatable bonds is 3. The van der Waals surface area contributed by atoms with Crippen LogP contribution >= 0.6 is 11.6 Å². The summed E-state index contributed by atoms with van der Waals surface area (Å²) in [6, 6.07) is 11.7. The van der Waals surface area contributed by atoms with Crippen molar-refractivity contribution in [3.63, 3.8) is 0 Å². The average Bonchev–Trinajstić information content (AvgIpc) is 2.51. The molecule has 1 aromatic heterocycles. The van der Waals surface area contributed by atoms with Gasteiger partial charge in [0.1, 0.15) is 5.82 Å². The number of halogens is 2. The third-order valence-electron chi connectivity index (χ3n) is 3.37. The summed E-state index contributed by atoms with van der Waals surface area (Å²) in [6.45, 7) is 0.398. The summed E-state index contributed by atoms with van der Waals surface area (Å²) >= 11 is 5.67. The van der Waals surface area contributed by atoms with Gasteiger partial charge in [-0.25, -0.2) is 9.37 Å². The first-order valence-corrected chi connectivity index (χ1v) is 7.06. The smallest absolute Gasteiger partial charge is 0.260 e. The zero-order valence-electron chi connectivity index (χ0n) is 11.8. The molecule has 0 amide bonds. The molecule has 0 spiro atoms. The highest BCUT2D eigenvalue weighted by molar-refractivity contribution is 6.30. The van der Waals surface area contributed by atoms with Crippen molar-refractivity contribution in [2.24, 2.45) is 0 Å². The van der Waals surface area contributed by atoms with Crippen molar-refractivity contribution in [3.05, 3.63) is 69.2 Å². The molecule has 0 fully saturated rings. The lowest BCUT2D eigenvalue weighted by Crippen LogP contribution is -2.22. The predicted molar refractivity (Wildman–Crippen MR) is 85.9 cm³/mol. The van der Waals surface area contributed by atoms with Crippen LogP contribution < -0.4 is 10.5 Å². The van der Waals surface area contributed by atoms with Crippen LogP contribution in [0, 0.1) is 5.82 Å². The Bertz CT molecular complexity index is 894. The molecule has 2 aromatic carbocycles. The maximum Gasteiger partial charge on any atom is 0.260 e. The van der Waals surface area contributed by atoms with Crippen LogP contribution in [0.25, 0.3) is 10.9 Å². The number of fused-ring (bicyclic) bond motifs is 1. The predicted octanol–water partition coefficient (Wildman–Crippen LogP) is 3.35. The number of nitrogens with zero attached hydrogens (tertiary/aromatic N) is 2. The van der Waals surface area contributed by atoms with Crippen LogP contribution in [0.2, 0.25) is 5.02 Å². The zero-order chi connectivity index (χ0) is 15.7. The lowest BCUT2D eigenvalue weighted by atomic mass is 10.2. The minimum Gasteiger partial charge on any atom is -0.341 e. The molecule has 3 aromatic rings. The van der Waals surface area contributed by atoms with Gasteiger partial charge in [0.25, 0.3) is 5.56 Å². The second kappa shape index (κ2) is 5.77. The minimum absolute atomic E-state index is 0.0867. The summed E-state index contributed by atoms with van der Waals surface area (Å²) in [7, 11) is 1.78. The summed E-state index contributed by atoms with van der Waals surface area (Å²) in [5.74, 6) is -0.0356. The lowest BCUT2D eigenvalue weighted by Gasteiger charge is -2.18. The van der Waals surface area contributed by atoms with Gasteiger partial charge in [-0.05, 0) is 29.8 Å². The summed E-state index contributed by atoms with van der Waals surface area (Å²) in [5.41, 5.74) is 1.16. The van der Waals surface area contributed by atoms with E-state index in [-0.39, 0.29) is 10.6 Å². The quantitative estimate of drug-likeness (QED) is 0.806. The fraction of sp³-hybridized carbons (Fsp3) is 0.125. The fourth-order valence-corrected chi connectivity index (χ4v) is 2.36. The first-order chi connectivity index (χ1) is 10.5. The van der Waals surface area contributed by atoms with Gasteiger partial charge in [-0.2, -0.15) is 0 Å².